The number of benzene rings is 2. The summed E-state index contributed by atoms with van der Waals surface area (Å²) in [6.45, 7) is 15.8. The maximum Gasteiger partial charge on any atom is 0.408 e. The molecular formula is C33H45N3O6. The van der Waals surface area contributed by atoms with Crippen molar-refractivity contribution in [1.29, 1.82) is 0 Å². The maximum atomic E-state index is 14.1. The molecule has 0 saturated heterocycles. The van der Waals surface area contributed by atoms with Crippen molar-refractivity contribution in [2.24, 2.45) is 0 Å². The lowest BCUT2D eigenvalue weighted by atomic mass is 9.99. The first-order valence-electron chi connectivity index (χ1n) is 14.2. The van der Waals surface area contributed by atoms with Crippen molar-refractivity contribution in [2.45, 2.75) is 84.6 Å². The number of nitrogens with one attached hydrogen (secondary N) is 2. The summed E-state index contributed by atoms with van der Waals surface area (Å²) >= 11 is 0. The van der Waals surface area contributed by atoms with Crippen molar-refractivity contribution in [3.63, 3.8) is 0 Å². The summed E-state index contributed by atoms with van der Waals surface area (Å²) in [5.74, 6) is -1.69. The number of aryl methyl sites for hydroxylation is 1. The van der Waals surface area contributed by atoms with E-state index in [4.69, 9.17) is 9.47 Å². The van der Waals surface area contributed by atoms with Crippen LogP contribution in [0.15, 0.2) is 67.3 Å². The number of amides is 3. The lowest BCUT2D eigenvalue weighted by Gasteiger charge is -2.32. The van der Waals surface area contributed by atoms with Gasteiger partial charge in [0.2, 0.25) is 11.8 Å². The van der Waals surface area contributed by atoms with Gasteiger partial charge in [-0.05, 0) is 64.7 Å². The van der Waals surface area contributed by atoms with Gasteiger partial charge in [-0.2, -0.15) is 0 Å². The molecule has 2 unspecified atom stereocenters. The largest absolute Gasteiger partial charge is 0.458 e. The zero-order valence-electron chi connectivity index (χ0n) is 25.9. The van der Waals surface area contributed by atoms with Crippen molar-refractivity contribution in [2.75, 3.05) is 13.1 Å². The highest BCUT2D eigenvalue weighted by atomic mass is 16.6. The van der Waals surface area contributed by atoms with Crippen LogP contribution < -0.4 is 10.6 Å². The van der Waals surface area contributed by atoms with E-state index in [1.165, 1.54) is 11.0 Å². The van der Waals surface area contributed by atoms with Gasteiger partial charge < -0.3 is 25.0 Å². The van der Waals surface area contributed by atoms with Crippen LogP contribution in [0.3, 0.4) is 0 Å². The average Bonchev–Trinajstić information content (AvgIpc) is 2.90. The number of esters is 1. The van der Waals surface area contributed by atoms with Crippen molar-refractivity contribution in [3.8, 4) is 0 Å². The van der Waals surface area contributed by atoms with E-state index in [2.05, 4.69) is 17.2 Å². The molecule has 0 aliphatic heterocycles. The number of nitrogens with zero attached hydrogens (tertiary/aromatic N) is 1. The molecule has 0 heterocycles. The lowest BCUT2D eigenvalue weighted by molar-refractivity contribution is -0.159. The van der Waals surface area contributed by atoms with Crippen LogP contribution in [-0.2, 0) is 36.7 Å². The Morgan fingerprint density at radius 1 is 0.881 bits per heavy atom. The molecule has 42 heavy (non-hydrogen) atoms. The van der Waals surface area contributed by atoms with E-state index in [0.29, 0.717) is 5.56 Å². The van der Waals surface area contributed by atoms with Crippen LogP contribution in [0.25, 0.3) is 0 Å². The average molecular weight is 580 g/mol. The monoisotopic (exact) mass is 579 g/mol. The van der Waals surface area contributed by atoms with E-state index in [1.54, 1.807) is 53.7 Å². The SMILES string of the molecule is C=CCN(C(=O)CNC(=O)OC(C)(C)C)C(C(=O)NC(Cc1ccccc1)C(=O)OC(C)(C)C)c1ccc(CC)cc1. The fourth-order valence-corrected chi connectivity index (χ4v) is 4.13. The van der Waals surface area contributed by atoms with Gasteiger partial charge >= 0.3 is 12.1 Å². The second-order valence-electron chi connectivity index (χ2n) is 12.0. The number of carbonyl (C=O) groups excluding carboxylic acids is 4. The molecular weight excluding hydrogens is 534 g/mol. The van der Waals surface area contributed by atoms with Crippen LogP contribution in [0.4, 0.5) is 4.79 Å². The number of alkyl carbamates (subject to hydrolysis) is 1. The first-order valence-corrected chi connectivity index (χ1v) is 14.2. The smallest absolute Gasteiger partial charge is 0.408 e. The Hall–Kier alpha value is -4.14. The molecule has 2 atom stereocenters. The van der Waals surface area contributed by atoms with Gasteiger partial charge in [-0.15, -0.1) is 6.58 Å². The van der Waals surface area contributed by atoms with Gasteiger partial charge in [-0.25, -0.2) is 9.59 Å². The highest BCUT2D eigenvalue weighted by Gasteiger charge is 2.35. The predicted molar refractivity (Wildman–Crippen MR) is 163 cm³/mol. The van der Waals surface area contributed by atoms with Gasteiger partial charge in [0.15, 0.2) is 0 Å². The molecule has 0 bridgehead atoms. The summed E-state index contributed by atoms with van der Waals surface area (Å²) < 4.78 is 10.9. The summed E-state index contributed by atoms with van der Waals surface area (Å²) in [6.07, 6.45) is 1.74. The van der Waals surface area contributed by atoms with E-state index in [9.17, 15) is 19.2 Å². The molecule has 0 fully saturated rings. The van der Waals surface area contributed by atoms with E-state index in [-0.39, 0.29) is 13.0 Å². The van der Waals surface area contributed by atoms with Crippen LogP contribution in [0.1, 0.15) is 71.2 Å². The fourth-order valence-electron chi connectivity index (χ4n) is 4.13. The molecule has 9 heteroatoms. The molecule has 9 nitrogen and oxygen atoms in total. The number of rotatable bonds is 12. The molecule has 2 aromatic carbocycles. The Bertz CT molecular complexity index is 1210. The highest BCUT2D eigenvalue weighted by Crippen LogP contribution is 2.24. The van der Waals surface area contributed by atoms with Crippen LogP contribution >= 0.6 is 0 Å². The molecule has 0 radical (unpaired) electrons. The molecule has 2 aromatic rings. The highest BCUT2D eigenvalue weighted by molar-refractivity contribution is 5.93. The molecule has 2 N–H and O–H groups in total. The molecule has 0 aliphatic carbocycles. The van der Waals surface area contributed by atoms with Gasteiger partial charge in [0.25, 0.3) is 0 Å². The molecule has 0 saturated carbocycles. The van der Waals surface area contributed by atoms with Crippen molar-refractivity contribution in [3.05, 3.63) is 83.9 Å². The van der Waals surface area contributed by atoms with E-state index < -0.39 is 53.7 Å². The fraction of sp³-hybridized carbons (Fsp3) is 0.455. The first kappa shape index (κ1) is 34.1. The number of hydrogen-bond acceptors (Lipinski definition) is 6. The molecule has 2 rings (SSSR count). The minimum absolute atomic E-state index is 0.0121. The van der Waals surface area contributed by atoms with Gasteiger partial charge in [-0.3, -0.25) is 9.59 Å². The Labute approximate surface area is 249 Å². The van der Waals surface area contributed by atoms with Gasteiger partial charge in [0, 0.05) is 13.0 Å². The second kappa shape index (κ2) is 15.2. The van der Waals surface area contributed by atoms with Crippen molar-refractivity contribution >= 4 is 23.9 Å². The maximum absolute atomic E-state index is 14.1. The normalized spacial score (nSPS) is 12.8. The summed E-state index contributed by atoms with van der Waals surface area (Å²) in [7, 11) is 0. The number of hydrogen-bond donors (Lipinski definition) is 2. The minimum Gasteiger partial charge on any atom is -0.458 e. The zero-order valence-corrected chi connectivity index (χ0v) is 25.9. The third kappa shape index (κ3) is 11.4. The quantitative estimate of drug-likeness (QED) is 0.273. The summed E-state index contributed by atoms with van der Waals surface area (Å²) in [5.41, 5.74) is 0.914. The van der Waals surface area contributed by atoms with Crippen LogP contribution in [0, 0.1) is 0 Å². The molecule has 0 aliphatic rings. The van der Waals surface area contributed by atoms with E-state index in [1.807, 2.05) is 49.4 Å². The van der Waals surface area contributed by atoms with Crippen molar-refractivity contribution in [1.82, 2.24) is 15.5 Å². The topological polar surface area (TPSA) is 114 Å². The standard InChI is InChI=1S/C33H45N3O6/c1-9-20-36(27(37)22-34-31(40)42-33(6,7)8)28(25-18-16-23(10-2)17-19-25)29(38)35-26(30(39)41-32(3,4)5)21-24-14-12-11-13-15-24/h9,11-19,26,28H,1,10,20-22H2,2-8H3,(H,34,40)(H,35,38). The van der Waals surface area contributed by atoms with Gasteiger partial charge in [0.1, 0.15) is 29.8 Å². The van der Waals surface area contributed by atoms with Crippen LogP contribution in [0.5, 0.6) is 0 Å². The molecule has 228 valence electrons. The molecule has 3 amide bonds. The third-order valence-electron chi connectivity index (χ3n) is 5.98. The molecule has 0 spiro atoms. The summed E-state index contributed by atoms with van der Waals surface area (Å²) in [5, 5.41) is 5.32. The van der Waals surface area contributed by atoms with E-state index in [0.717, 1.165) is 17.5 Å². The molecule has 0 aromatic heterocycles. The Balaban J connectivity index is 2.44. The minimum atomic E-state index is -1.12. The zero-order chi connectivity index (χ0) is 31.5. The summed E-state index contributed by atoms with van der Waals surface area (Å²) in [4.78, 5) is 54.4. The van der Waals surface area contributed by atoms with Gasteiger partial charge in [-0.1, -0.05) is 67.6 Å². The predicted octanol–water partition coefficient (Wildman–Crippen LogP) is 4.90. The van der Waals surface area contributed by atoms with Gasteiger partial charge in [0.05, 0.1) is 0 Å². The lowest BCUT2D eigenvalue weighted by Crippen LogP contribution is -2.52. The second-order valence-corrected chi connectivity index (χ2v) is 12.0. The van der Waals surface area contributed by atoms with Crippen LogP contribution in [0.2, 0.25) is 0 Å². The van der Waals surface area contributed by atoms with Crippen molar-refractivity contribution < 1.29 is 28.7 Å². The Kier molecular flexibility index (Phi) is 12.3. The Morgan fingerprint density at radius 3 is 2.00 bits per heavy atom. The first-order chi connectivity index (χ1) is 19.6. The van der Waals surface area contributed by atoms with E-state index >= 15 is 0 Å². The third-order valence-corrected chi connectivity index (χ3v) is 5.98. The summed E-state index contributed by atoms with van der Waals surface area (Å²) in [6, 6.07) is 14.5. The number of carbonyl (C=O) groups is 4. The van der Waals surface area contributed by atoms with Crippen LogP contribution in [-0.4, -0.2) is 59.1 Å². The number of ether oxygens (including phenoxy) is 2. The Morgan fingerprint density at radius 2 is 1.48 bits per heavy atom.